The Bertz CT molecular complexity index is 1120. The van der Waals surface area contributed by atoms with E-state index in [-0.39, 0.29) is 29.4 Å². The number of aryl methyl sites for hydroxylation is 1. The summed E-state index contributed by atoms with van der Waals surface area (Å²) in [6, 6.07) is 11.7. The van der Waals surface area contributed by atoms with Gasteiger partial charge in [0.05, 0.1) is 6.04 Å². The highest BCUT2D eigenvalue weighted by atomic mass is 19.4. The molecule has 2 atom stereocenters. The average Bonchev–Trinajstić information content (AvgIpc) is 3.61. The van der Waals surface area contributed by atoms with E-state index in [1.165, 1.54) is 12.1 Å². The molecule has 1 amide bonds. The number of nitrogens with one attached hydrogen (secondary N) is 1. The molecule has 1 unspecified atom stereocenters. The summed E-state index contributed by atoms with van der Waals surface area (Å²) < 4.78 is 49.2. The van der Waals surface area contributed by atoms with Gasteiger partial charge in [0, 0.05) is 12.1 Å². The van der Waals surface area contributed by atoms with Gasteiger partial charge in [-0.3, -0.25) is 4.90 Å². The maximum absolute atomic E-state index is 13.1. The fraction of sp³-hybridized carbons (Fsp3) is 0.519. The quantitative estimate of drug-likeness (QED) is 0.590. The summed E-state index contributed by atoms with van der Waals surface area (Å²) in [5.74, 6) is 0.194. The van der Waals surface area contributed by atoms with E-state index in [0.717, 1.165) is 69.3 Å². The lowest BCUT2D eigenvalue weighted by Gasteiger charge is -2.44. The zero-order chi connectivity index (χ0) is 24.2. The number of alkyl halides is 3. The van der Waals surface area contributed by atoms with Crippen molar-refractivity contribution in [1.29, 1.82) is 0 Å². The van der Waals surface area contributed by atoms with Crippen molar-refractivity contribution >= 4 is 6.09 Å². The smallest absolute Gasteiger partial charge is 0.445 e. The molecule has 3 heterocycles. The zero-order valence-corrected chi connectivity index (χ0v) is 19.4. The number of amides is 1. The Morgan fingerprint density at radius 3 is 2.51 bits per heavy atom. The van der Waals surface area contributed by atoms with Gasteiger partial charge in [-0.25, -0.2) is 4.79 Å². The van der Waals surface area contributed by atoms with Gasteiger partial charge in [-0.05, 0) is 91.8 Å². The van der Waals surface area contributed by atoms with Crippen LogP contribution in [0.1, 0.15) is 49.3 Å². The second-order valence-corrected chi connectivity index (χ2v) is 10.5. The maximum atomic E-state index is 13.1. The van der Waals surface area contributed by atoms with E-state index in [1.807, 2.05) is 18.2 Å². The van der Waals surface area contributed by atoms with E-state index in [2.05, 4.69) is 15.0 Å². The number of ether oxygens (including phenoxy) is 2. The Hall–Kier alpha value is -2.74. The summed E-state index contributed by atoms with van der Waals surface area (Å²) in [5, 5.41) is 3.18. The largest absolute Gasteiger partial charge is 0.573 e. The highest BCUT2D eigenvalue weighted by Crippen LogP contribution is 2.61. The van der Waals surface area contributed by atoms with Gasteiger partial charge in [-0.1, -0.05) is 30.3 Å². The van der Waals surface area contributed by atoms with Crippen LogP contribution >= 0.6 is 0 Å². The Labute approximate surface area is 202 Å². The molecule has 5 nitrogen and oxygen atoms in total. The van der Waals surface area contributed by atoms with Gasteiger partial charge in [0.15, 0.2) is 0 Å². The zero-order valence-electron chi connectivity index (χ0n) is 19.4. The molecule has 35 heavy (non-hydrogen) atoms. The molecule has 2 aromatic rings. The van der Waals surface area contributed by atoms with E-state index in [4.69, 9.17) is 4.74 Å². The van der Waals surface area contributed by atoms with Crippen molar-refractivity contribution in [3.8, 4) is 16.9 Å². The number of carbonyl (C=O) groups is 1. The summed E-state index contributed by atoms with van der Waals surface area (Å²) >= 11 is 0. The normalized spacial score (nSPS) is 28.3. The van der Waals surface area contributed by atoms with Gasteiger partial charge in [0.1, 0.15) is 11.9 Å². The standard InChI is InChI=1S/C27H29F3N2O3/c28-27(29,30)35-22-4-2-1-3-20(22)19-6-5-17-7-10-26(11-12-26)24(21(17)15-19)31-25(33)34-23-16-32-13-8-18(23)9-14-32/h1-6,15,18,23-24H,7-14,16H2,(H,31,33)/t23-,24?/m0/s1. The number of para-hydroxylation sites is 1. The number of carbonyl (C=O) groups excluding carboxylic acids is 1. The number of piperidine rings is 3. The first-order valence-corrected chi connectivity index (χ1v) is 12.5. The molecule has 2 aromatic carbocycles. The fourth-order valence-corrected chi connectivity index (χ4v) is 6.30. The SMILES string of the molecule is O=C(NC1c2cc(-c3ccccc3OC(F)(F)F)ccc2CCC12CC2)O[C@H]1CN2CCC1CC2. The molecule has 8 heteroatoms. The third-order valence-electron chi connectivity index (χ3n) is 8.39. The van der Waals surface area contributed by atoms with Gasteiger partial charge in [-0.15, -0.1) is 13.2 Å². The van der Waals surface area contributed by atoms with Crippen LogP contribution in [0.2, 0.25) is 0 Å². The molecule has 0 aromatic heterocycles. The Kier molecular flexibility index (Phi) is 5.47. The van der Waals surface area contributed by atoms with Crippen LogP contribution in [0, 0.1) is 11.3 Å². The first kappa shape index (κ1) is 22.7. The van der Waals surface area contributed by atoms with Gasteiger partial charge in [0.25, 0.3) is 0 Å². The monoisotopic (exact) mass is 486 g/mol. The van der Waals surface area contributed by atoms with E-state index in [9.17, 15) is 18.0 Å². The minimum absolute atomic E-state index is 0.00169. The number of fused-ring (bicyclic) bond motifs is 4. The number of alkyl carbamates (subject to hydrolysis) is 1. The summed E-state index contributed by atoms with van der Waals surface area (Å²) in [6.07, 6.45) is 0.817. The van der Waals surface area contributed by atoms with Crippen LogP contribution < -0.4 is 10.1 Å². The summed E-state index contributed by atoms with van der Waals surface area (Å²) in [7, 11) is 0. The van der Waals surface area contributed by atoms with Crippen molar-refractivity contribution in [2.75, 3.05) is 19.6 Å². The van der Waals surface area contributed by atoms with Crippen LogP contribution in [0.5, 0.6) is 5.75 Å². The minimum Gasteiger partial charge on any atom is -0.445 e. The number of hydrogen-bond acceptors (Lipinski definition) is 4. The third-order valence-corrected chi connectivity index (χ3v) is 8.39. The van der Waals surface area contributed by atoms with Crippen molar-refractivity contribution in [1.82, 2.24) is 10.2 Å². The molecule has 1 spiro atoms. The molecule has 0 radical (unpaired) electrons. The second-order valence-electron chi connectivity index (χ2n) is 10.5. The molecule has 1 N–H and O–H groups in total. The topological polar surface area (TPSA) is 50.8 Å². The van der Waals surface area contributed by atoms with Crippen molar-refractivity contribution in [3.63, 3.8) is 0 Å². The molecule has 2 aliphatic carbocycles. The summed E-state index contributed by atoms with van der Waals surface area (Å²) in [5.41, 5.74) is 3.10. The second kappa shape index (κ2) is 8.43. The number of benzene rings is 2. The summed E-state index contributed by atoms with van der Waals surface area (Å²) in [4.78, 5) is 15.4. The van der Waals surface area contributed by atoms with Gasteiger partial charge >= 0.3 is 12.5 Å². The molecule has 5 aliphatic rings. The lowest BCUT2D eigenvalue weighted by molar-refractivity contribution is -0.274. The third kappa shape index (κ3) is 4.48. The van der Waals surface area contributed by atoms with Crippen molar-refractivity contribution in [2.45, 2.75) is 57.0 Å². The molecule has 2 bridgehead atoms. The predicted molar refractivity (Wildman–Crippen MR) is 124 cm³/mol. The van der Waals surface area contributed by atoms with Gasteiger partial charge < -0.3 is 14.8 Å². The molecule has 4 fully saturated rings. The maximum Gasteiger partial charge on any atom is 0.573 e. The van der Waals surface area contributed by atoms with Crippen molar-refractivity contribution in [2.24, 2.45) is 11.3 Å². The van der Waals surface area contributed by atoms with Crippen molar-refractivity contribution < 1.29 is 27.4 Å². The highest BCUT2D eigenvalue weighted by molar-refractivity contribution is 5.73. The number of nitrogens with zero attached hydrogens (tertiary/aromatic N) is 1. The molecule has 7 rings (SSSR count). The van der Waals surface area contributed by atoms with Crippen LogP contribution in [-0.4, -0.2) is 43.1 Å². The highest BCUT2D eigenvalue weighted by Gasteiger charge is 2.53. The number of halogens is 3. The predicted octanol–water partition coefficient (Wildman–Crippen LogP) is 5.84. The number of hydrogen-bond donors (Lipinski definition) is 1. The van der Waals surface area contributed by atoms with E-state index in [1.54, 1.807) is 12.1 Å². The van der Waals surface area contributed by atoms with E-state index >= 15 is 0 Å². The first-order chi connectivity index (χ1) is 16.8. The number of rotatable bonds is 4. The summed E-state index contributed by atoms with van der Waals surface area (Å²) in [6.45, 7) is 2.95. The lowest BCUT2D eigenvalue weighted by Crippen LogP contribution is -2.53. The fourth-order valence-electron chi connectivity index (χ4n) is 6.30. The molecule has 3 saturated heterocycles. The minimum atomic E-state index is -4.77. The van der Waals surface area contributed by atoms with E-state index in [0.29, 0.717) is 17.0 Å². The van der Waals surface area contributed by atoms with Crippen LogP contribution in [0.3, 0.4) is 0 Å². The van der Waals surface area contributed by atoms with Crippen LogP contribution in [-0.2, 0) is 11.2 Å². The van der Waals surface area contributed by atoms with Gasteiger partial charge in [-0.2, -0.15) is 0 Å². The molecular formula is C27H29F3N2O3. The van der Waals surface area contributed by atoms with Crippen molar-refractivity contribution in [3.05, 3.63) is 53.6 Å². The van der Waals surface area contributed by atoms with E-state index < -0.39 is 6.36 Å². The van der Waals surface area contributed by atoms with Gasteiger partial charge in [0.2, 0.25) is 0 Å². The molecular weight excluding hydrogens is 457 g/mol. The molecule has 1 saturated carbocycles. The first-order valence-electron chi connectivity index (χ1n) is 12.5. The van der Waals surface area contributed by atoms with Crippen LogP contribution in [0.4, 0.5) is 18.0 Å². The lowest BCUT2D eigenvalue weighted by atomic mass is 9.76. The Balaban J connectivity index is 1.27. The average molecular weight is 487 g/mol. The van der Waals surface area contributed by atoms with Crippen LogP contribution in [0.25, 0.3) is 11.1 Å². The Morgan fingerprint density at radius 2 is 1.83 bits per heavy atom. The van der Waals surface area contributed by atoms with Crippen LogP contribution in [0.15, 0.2) is 42.5 Å². The molecule has 186 valence electrons. The Morgan fingerprint density at radius 1 is 1.06 bits per heavy atom. The molecule has 3 aliphatic heterocycles.